The number of para-hydroxylation sites is 2. The zero-order chi connectivity index (χ0) is 35.6. The van der Waals surface area contributed by atoms with Crippen molar-refractivity contribution in [3.63, 3.8) is 0 Å². The first-order valence-electron chi connectivity index (χ1n) is 18.9. The van der Waals surface area contributed by atoms with Gasteiger partial charge in [0.1, 0.15) is 5.69 Å². The van der Waals surface area contributed by atoms with Crippen LogP contribution in [-0.2, 0) is 6.42 Å². The Morgan fingerprint density at radius 1 is 0.481 bits per heavy atom. The molecule has 0 N–H and O–H groups in total. The monoisotopic (exact) mass is 689 g/mol. The maximum Gasteiger partial charge on any atom is 0.165 e. The van der Waals surface area contributed by atoms with Crippen molar-refractivity contribution < 1.29 is 0 Å². The molecule has 2 aromatic heterocycles. The van der Waals surface area contributed by atoms with Crippen molar-refractivity contribution >= 4 is 43.6 Å². The van der Waals surface area contributed by atoms with Gasteiger partial charge in [0.05, 0.1) is 22.1 Å². The molecule has 0 spiro atoms. The average molecular weight is 690 g/mol. The summed E-state index contributed by atoms with van der Waals surface area (Å²) in [6.07, 6.45) is 2.09. The lowest BCUT2D eigenvalue weighted by atomic mass is 9.85. The van der Waals surface area contributed by atoms with Crippen LogP contribution >= 0.6 is 0 Å². The van der Waals surface area contributed by atoms with Gasteiger partial charge in [-0.15, -0.1) is 0 Å². The van der Waals surface area contributed by atoms with Crippen LogP contribution in [0.3, 0.4) is 0 Å². The first kappa shape index (κ1) is 30.8. The number of aryl methyl sites for hydroxylation is 1. The number of aromatic nitrogens is 3. The van der Waals surface area contributed by atoms with E-state index in [1.165, 1.54) is 49.4 Å². The van der Waals surface area contributed by atoms with Crippen molar-refractivity contribution in [2.75, 3.05) is 0 Å². The fourth-order valence-electron chi connectivity index (χ4n) is 8.99. The highest BCUT2D eigenvalue weighted by Gasteiger charge is 2.26. The lowest BCUT2D eigenvalue weighted by Gasteiger charge is -2.19. The molecule has 0 radical (unpaired) electrons. The molecule has 1 aliphatic rings. The first-order chi connectivity index (χ1) is 26.8. The molecule has 1 unspecified atom stereocenters. The Bertz CT molecular complexity index is 3060. The van der Waals surface area contributed by atoms with Gasteiger partial charge in [-0.3, -0.25) is 4.57 Å². The molecule has 1 aliphatic carbocycles. The average Bonchev–Trinajstić information content (AvgIpc) is 3.48. The molecule has 3 nitrogen and oxygen atoms in total. The van der Waals surface area contributed by atoms with E-state index < -0.39 is 0 Å². The third-order valence-corrected chi connectivity index (χ3v) is 11.5. The molecule has 3 heteroatoms. The predicted molar refractivity (Wildman–Crippen MR) is 224 cm³/mol. The highest BCUT2D eigenvalue weighted by atomic mass is 15.1. The molecule has 10 aromatic rings. The predicted octanol–water partition coefficient (Wildman–Crippen LogP) is 13.0. The van der Waals surface area contributed by atoms with Crippen LogP contribution in [0.4, 0.5) is 0 Å². The van der Waals surface area contributed by atoms with Crippen LogP contribution in [0.25, 0.3) is 82.9 Å². The normalized spacial score (nSPS) is 14.0. The molecule has 0 bridgehead atoms. The number of nitrogens with zero attached hydrogens (tertiary/aromatic N) is 3. The maximum absolute atomic E-state index is 5.49. The van der Waals surface area contributed by atoms with E-state index in [0.29, 0.717) is 0 Å². The van der Waals surface area contributed by atoms with E-state index in [1.807, 2.05) is 12.1 Å². The summed E-state index contributed by atoms with van der Waals surface area (Å²) < 4.78 is 2.37. The molecule has 0 amide bonds. The van der Waals surface area contributed by atoms with Gasteiger partial charge in [-0.25, -0.2) is 9.97 Å². The topological polar surface area (TPSA) is 30.7 Å². The van der Waals surface area contributed by atoms with Gasteiger partial charge in [0.15, 0.2) is 5.82 Å². The van der Waals surface area contributed by atoms with Gasteiger partial charge in [-0.2, -0.15) is 0 Å². The summed E-state index contributed by atoms with van der Waals surface area (Å²) in [4.78, 5) is 10.9. The lowest BCUT2D eigenvalue weighted by Crippen LogP contribution is -2.05. The Labute approximate surface area is 313 Å². The van der Waals surface area contributed by atoms with E-state index in [2.05, 4.69) is 174 Å². The molecule has 0 saturated carbocycles. The number of hydrogen-bond donors (Lipinski definition) is 0. The second-order valence-electron chi connectivity index (χ2n) is 14.4. The third-order valence-electron chi connectivity index (χ3n) is 11.5. The van der Waals surface area contributed by atoms with Crippen LogP contribution in [0.1, 0.15) is 29.0 Å². The van der Waals surface area contributed by atoms with Crippen LogP contribution in [0, 0.1) is 0 Å². The van der Waals surface area contributed by atoms with Crippen LogP contribution in [-0.4, -0.2) is 14.5 Å². The van der Waals surface area contributed by atoms with Crippen LogP contribution in [0.5, 0.6) is 0 Å². The highest BCUT2D eigenvalue weighted by Crippen LogP contribution is 2.45. The molecule has 11 rings (SSSR count). The van der Waals surface area contributed by atoms with Crippen molar-refractivity contribution in [3.05, 3.63) is 199 Å². The van der Waals surface area contributed by atoms with Crippen molar-refractivity contribution in [2.24, 2.45) is 0 Å². The number of hydrogen-bond acceptors (Lipinski definition) is 2. The van der Waals surface area contributed by atoms with E-state index >= 15 is 0 Å². The smallest absolute Gasteiger partial charge is 0.165 e. The molecule has 0 saturated heterocycles. The lowest BCUT2D eigenvalue weighted by molar-refractivity contribution is 0.727. The Morgan fingerprint density at radius 3 is 2.02 bits per heavy atom. The summed E-state index contributed by atoms with van der Waals surface area (Å²) in [7, 11) is 0. The van der Waals surface area contributed by atoms with Crippen LogP contribution < -0.4 is 0 Å². The van der Waals surface area contributed by atoms with Crippen molar-refractivity contribution in [3.8, 4) is 39.3 Å². The van der Waals surface area contributed by atoms with Gasteiger partial charge in [-0.05, 0) is 92.9 Å². The summed E-state index contributed by atoms with van der Waals surface area (Å²) in [5, 5.41) is 4.94. The highest BCUT2D eigenvalue weighted by molar-refractivity contribution is 6.21. The summed E-state index contributed by atoms with van der Waals surface area (Å²) >= 11 is 0. The second kappa shape index (κ2) is 12.4. The van der Waals surface area contributed by atoms with Crippen LogP contribution in [0.2, 0.25) is 0 Å². The molecule has 2 heterocycles. The zero-order valence-electron chi connectivity index (χ0n) is 29.7. The third kappa shape index (κ3) is 4.82. The summed E-state index contributed by atoms with van der Waals surface area (Å²) in [6, 6.07) is 65.9. The molecule has 0 aliphatic heterocycles. The van der Waals surface area contributed by atoms with E-state index in [9.17, 15) is 0 Å². The minimum atomic E-state index is 0.264. The van der Waals surface area contributed by atoms with Crippen LogP contribution in [0.15, 0.2) is 182 Å². The van der Waals surface area contributed by atoms with Gasteiger partial charge in [0, 0.05) is 22.3 Å². The summed E-state index contributed by atoms with van der Waals surface area (Å²) in [5.41, 5.74) is 15.1. The molecule has 1 atom stereocenters. The van der Waals surface area contributed by atoms with Crippen molar-refractivity contribution in [1.82, 2.24) is 14.5 Å². The summed E-state index contributed by atoms with van der Waals surface area (Å²) in [6.45, 7) is 0. The zero-order valence-corrected chi connectivity index (χ0v) is 29.7. The van der Waals surface area contributed by atoms with E-state index in [4.69, 9.17) is 9.97 Å². The molecule has 254 valence electrons. The largest absolute Gasteiger partial charge is 0.292 e. The SMILES string of the molecule is c1ccc(-c2ccccc2-c2nc3ccccc3nc2-n2c3ccc(C4CCc5ccccc5-c5ccccc54)cc3c3c4ccccc4ccc32)cc1. The Morgan fingerprint density at radius 2 is 1.15 bits per heavy atom. The van der Waals surface area contributed by atoms with Gasteiger partial charge in [0.2, 0.25) is 0 Å². The maximum atomic E-state index is 5.49. The minimum absolute atomic E-state index is 0.264. The van der Waals surface area contributed by atoms with Crippen molar-refractivity contribution in [2.45, 2.75) is 18.8 Å². The Kier molecular flexibility index (Phi) is 7.06. The quantitative estimate of drug-likeness (QED) is 0.184. The first-order valence-corrected chi connectivity index (χ1v) is 18.9. The molecular weight excluding hydrogens is 655 g/mol. The summed E-state index contributed by atoms with van der Waals surface area (Å²) in [5.74, 6) is 1.09. The van der Waals surface area contributed by atoms with Gasteiger partial charge < -0.3 is 0 Å². The minimum Gasteiger partial charge on any atom is -0.292 e. The Balaban J connectivity index is 1.21. The standard InChI is InChI=1S/C51H35N3/c1-2-14-33(15-3-1)38-19-8-11-23-43(38)50-51(53-46-25-13-12-24-45(46)52-50)54-47-30-28-36(32-44(47)49-40-20-7-5-17-35(40)27-31-48(49)54)39-29-26-34-16-4-6-18-37(34)41-21-9-10-22-42(39)41/h1-25,27-28,30-32,39H,26,29H2. The van der Waals surface area contributed by atoms with Gasteiger partial charge in [0.25, 0.3) is 0 Å². The number of rotatable bonds is 4. The number of fused-ring (bicyclic) bond motifs is 9. The fourth-order valence-corrected chi connectivity index (χ4v) is 8.99. The van der Waals surface area contributed by atoms with E-state index in [1.54, 1.807) is 0 Å². The Hall–Kier alpha value is -6.84. The second-order valence-corrected chi connectivity index (χ2v) is 14.4. The van der Waals surface area contributed by atoms with Gasteiger partial charge >= 0.3 is 0 Å². The molecule has 54 heavy (non-hydrogen) atoms. The van der Waals surface area contributed by atoms with Gasteiger partial charge in [-0.1, -0.05) is 152 Å². The molecule has 0 fully saturated rings. The number of benzene rings is 8. The molecule has 8 aromatic carbocycles. The fraction of sp³-hybridized carbons (Fsp3) is 0.0588. The molecular formula is C51H35N3. The van der Waals surface area contributed by atoms with E-state index in [0.717, 1.165) is 63.1 Å². The van der Waals surface area contributed by atoms with E-state index in [-0.39, 0.29) is 5.92 Å². The van der Waals surface area contributed by atoms with Crippen molar-refractivity contribution in [1.29, 1.82) is 0 Å².